The second kappa shape index (κ2) is 9.63. The summed E-state index contributed by atoms with van der Waals surface area (Å²) in [6.45, 7) is -0.612. The molecule has 0 unspecified atom stereocenters. The van der Waals surface area contributed by atoms with Crippen LogP contribution in [0.25, 0.3) is 0 Å². The second-order valence-corrected chi connectivity index (χ2v) is 7.48. The SMILES string of the molecule is Cc1cc(OC(F)F)c(C(=O)NCCCNC(=O)c2cccc(Br)c2)s1. The Kier molecular flexibility index (Phi) is 7.52. The molecule has 1 aromatic heterocycles. The maximum atomic E-state index is 12.4. The van der Waals surface area contributed by atoms with Crippen LogP contribution in [-0.2, 0) is 0 Å². The number of carbonyl (C=O) groups is 2. The molecule has 1 heterocycles. The molecule has 0 atom stereocenters. The third kappa shape index (κ3) is 6.06. The van der Waals surface area contributed by atoms with Crippen LogP contribution in [0.5, 0.6) is 5.75 Å². The smallest absolute Gasteiger partial charge is 0.387 e. The molecule has 9 heteroatoms. The molecule has 0 spiro atoms. The number of nitrogens with one attached hydrogen (secondary N) is 2. The van der Waals surface area contributed by atoms with E-state index < -0.39 is 12.5 Å². The van der Waals surface area contributed by atoms with E-state index in [1.165, 1.54) is 6.07 Å². The first-order valence-corrected chi connectivity index (χ1v) is 9.35. The largest absolute Gasteiger partial charge is 0.433 e. The first-order valence-electron chi connectivity index (χ1n) is 7.74. The number of ether oxygens (including phenoxy) is 1. The Labute approximate surface area is 161 Å². The Hall–Kier alpha value is -2.00. The summed E-state index contributed by atoms with van der Waals surface area (Å²) in [6.07, 6.45) is 0.501. The third-order valence-corrected chi connectivity index (χ3v) is 4.78. The number of hydrogen-bond donors (Lipinski definition) is 2. The molecule has 0 aliphatic carbocycles. The molecule has 0 fully saturated rings. The number of halogens is 3. The van der Waals surface area contributed by atoms with E-state index in [1.807, 2.05) is 6.07 Å². The summed E-state index contributed by atoms with van der Waals surface area (Å²) in [4.78, 5) is 24.9. The maximum Gasteiger partial charge on any atom is 0.387 e. The van der Waals surface area contributed by atoms with Crippen LogP contribution >= 0.6 is 27.3 Å². The highest BCUT2D eigenvalue weighted by Crippen LogP contribution is 2.30. The van der Waals surface area contributed by atoms with Crippen molar-refractivity contribution < 1.29 is 23.1 Å². The number of aryl methyl sites for hydroxylation is 1. The number of rotatable bonds is 8. The predicted octanol–water partition coefficient (Wildman–Crippen LogP) is 3.97. The molecule has 0 radical (unpaired) electrons. The topological polar surface area (TPSA) is 67.4 Å². The average molecular weight is 447 g/mol. The van der Waals surface area contributed by atoms with Gasteiger partial charge in [-0.05, 0) is 37.6 Å². The number of alkyl halides is 2. The van der Waals surface area contributed by atoms with Crippen molar-refractivity contribution in [3.8, 4) is 5.75 Å². The first-order chi connectivity index (χ1) is 12.4. The quantitative estimate of drug-likeness (QED) is 0.602. The minimum absolute atomic E-state index is 0.112. The van der Waals surface area contributed by atoms with Crippen molar-refractivity contribution in [1.29, 1.82) is 0 Å². The standard InChI is InChI=1S/C17H17BrF2N2O3S/c1-10-8-13(25-17(19)20)14(26-10)16(24)22-7-3-6-21-15(23)11-4-2-5-12(18)9-11/h2,4-5,8-9,17H,3,6-7H2,1H3,(H,21,23)(H,22,24). The van der Waals surface area contributed by atoms with Gasteiger partial charge in [0.05, 0.1) is 0 Å². The molecule has 2 aromatic rings. The van der Waals surface area contributed by atoms with Crippen LogP contribution in [-0.4, -0.2) is 31.5 Å². The zero-order valence-corrected chi connectivity index (χ0v) is 16.3. The summed E-state index contributed by atoms with van der Waals surface area (Å²) in [7, 11) is 0. The van der Waals surface area contributed by atoms with Crippen molar-refractivity contribution in [2.75, 3.05) is 13.1 Å². The third-order valence-electron chi connectivity index (χ3n) is 3.25. The molecule has 1 aromatic carbocycles. The van der Waals surface area contributed by atoms with Crippen molar-refractivity contribution in [2.24, 2.45) is 0 Å². The predicted molar refractivity (Wildman–Crippen MR) is 99.1 cm³/mol. The summed E-state index contributed by atoms with van der Waals surface area (Å²) in [5.41, 5.74) is 0.534. The average Bonchev–Trinajstić information content (AvgIpc) is 2.93. The highest BCUT2D eigenvalue weighted by Gasteiger charge is 2.18. The number of benzene rings is 1. The van der Waals surface area contributed by atoms with E-state index in [9.17, 15) is 18.4 Å². The van der Waals surface area contributed by atoms with Gasteiger partial charge in [-0.15, -0.1) is 11.3 Å². The van der Waals surface area contributed by atoms with Crippen molar-refractivity contribution >= 4 is 39.1 Å². The van der Waals surface area contributed by atoms with Gasteiger partial charge in [-0.25, -0.2) is 0 Å². The fourth-order valence-corrected chi connectivity index (χ4v) is 3.40. The number of amides is 2. The van der Waals surface area contributed by atoms with Gasteiger partial charge < -0.3 is 15.4 Å². The van der Waals surface area contributed by atoms with Crippen LogP contribution in [0.4, 0.5) is 8.78 Å². The molecule has 0 saturated carbocycles. The van der Waals surface area contributed by atoms with Crippen LogP contribution < -0.4 is 15.4 Å². The zero-order chi connectivity index (χ0) is 19.1. The molecule has 2 amide bonds. The van der Waals surface area contributed by atoms with E-state index in [-0.39, 0.29) is 16.5 Å². The summed E-state index contributed by atoms with van der Waals surface area (Å²) in [6, 6.07) is 8.40. The van der Waals surface area contributed by atoms with Crippen molar-refractivity contribution in [3.63, 3.8) is 0 Å². The maximum absolute atomic E-state index is 12.4. The van der Waals surface area contributed by atoms with Crippen LogP contribution in [0.15, 0.2) is 34.8 Å². The Morgan fingerprint density at radius 2 is 1.88 bits per heavy atom. The van der Waals surface area contributed by atoms with Gasteiger partial charge >= 0.3 is 6.61 Å². The lowest BCUT2D eigenvalue weighted by Gasteiger charge is -2.08. The molecule has 2 rings (SSSR count). The fraction of sp³-hybridized carbons (Fsp3) is 0.294. The zero-order valence-electron chi connectivity index (χ0n) is 13.9. The second-order valence-electron chi connectivity index (χ2n) is 5.30. The number of thiophene rings is 1. The van der Waals surface area contributed by atoms with Crippen molar-refractivity contribution in [3.05, 3.63) is 50.1 Å². The van der Waals surface area contributed by atoms with E-state index in [0.717, 1.165) is 15.8 Å². The molecule has 0 aliphatic heterocycles. The molecule has 140 valence electrons. The van der Waals surface area contributed by atoms with Crippen LogP contribution in [0.1, 0.15) is 31.3 Å². The van der Waals surface area contributed by atoms with Crippen LogP contribution in [0.3, 0.4) is 0 Å². The Bertz CT molecular complexity index is 783. The van der Waals surface area contributed by atoms with E-state index in [0.29, 0.717) is 30.0 Å². The summed E-state index contributed by atoms with van der Waals surface area (Å²) in [5, 5.41) is 5.39. The monoisotopic (exact) mass is 446 g/mol. The molecule has 2 N–H and O–H groups in total. The first kappa shape index (κ1) is 20.3. The fourth-order valence-electron chi connectivity index (χ4n) is 2.14. The normalized spacial score (nSPS) is 10.7. The molecule has 5 nitrogen and oxygen atoms in total. The highest BCUT2D eigenvalue weighted by atomic mass is 79.9. The molecule has 0 saturated heterocycles. The van der Waals surface area contributed by atoms with Gasteiger partial charge in [-0.1, -0.05) is 22.0 Å². The van der Waals surface area contributed by atoms with E-state index >= 15 is 0 Å². The van der Waals surface area contributed by atoms with Crippen molar-refractivity contribution in [2.45, 2.75) is 20.0 Å². The lowest BCUT2D eigenvalue weighted by atomic mass is 10.2. The Balaban J connectivity index is 1.76. The number of carbonyl (C=O) groups excluding carboxylic acids is 2. The summed E-state index contributed by atoms with van der Waals surface area (Å²) < 4.78 is 29.9. The van der Waals surface area contributed by atoms with Gasteiger partial charge in [-0.3, -0.25) is 9.59 Å². The Morgan fingerprint density at radius 3 is 2.54 bits per heavy atom. The molecular formula is C17H17BrF2N2O3S. The van der Waals surface area contributed by atoms with Crippen LogP contribution in [0.2, 0.25) is 0 Å². The van der Waals surface area contributed by atoms with Gasteiger partial charge in [0.15, 0.2) is 0 Å². The minimum atomic E-state index is -2.98. The van der Waals surface area contributed by atoms with Gasteiger partial charge in [-0.2, -0.15) is 8.78 Å². The van der Waals surface area contributed by atoms with Crippen molar-refractivity contribution in [1.82, 2.24) is 10.6 Å². The van der Waals surface area contributed by atoms with Gasteiger partial charge in [0.25, 0.3) is 11.8 Å². The summed E-state index contributed by atoms with van der Waals surface area (Å²) in [5.74, 6) is -0.806. The lowest BCUT2D eigenvalue weighted by Crippen LogP contribution is -2.29. The molecule has 26 heavy (non-hydrogen) atoms. The van der Waals surface area contributed by atoms with Crippen LogP contribution in [0, 0.1) is 6.92 Å². The van der Waals surface area contributed by atoms with Gasteiger partial charge in [0.1, 0.15) is 10.6 Å². The number of hydrogen-bond acceptors (Lipinski definition) is 4. The molecular weight excluding hydrogens is 430 g/mol. The minimum Gasteiger partial charge on any atom is -0.433 e. The van der Waals surface area contributed by atoms with E-state index in [1.54, 1.807) is 25.1 Å². The van der Waals surface area contributed by atoms with Gasteiger partial charge in [0, 0.05) is 28.0 Å². The lowest BCUT2D eigenvalue weighted by molar-refractivity contribution is -0.0498. The molecule has 0 aliphatic rings. The molecule has 0 bridgehead atoms. The van der Waals surface area contributed by atoms with Gasteiger partial charge in [0.2, 0.25) is 0 Å². The van der Waals surface area contributed by atoms with E-state index in [2.05, 4.69) is 31.3 Å². The summed E-state index contributed by atoms with van der Waals surface area (Å²) >= 11 is 4.39. The van der Waals surface area contributed by atoms with E-state index in [4.69, 9.17) is 0 Å². The highest BCUT2D eigenvalue weighted by molar-refractivity contribution is 9.10. The Morgan fingerprint density at radius 1 is 1.19 bits per heavy atom.